The molecule has 0 aliphatic heterocycles. The van der Waals surface area contributed by atoms with Gasteiger partial charge in [-0.25, -0.2) is 4.98 Å². The van der Waals surface area contributed by atoms with E-state index < -0.39 is 4.92 Å². The lowest BCUT2D eigenvalue weighted by atomic mass is 10.2. The van der Waals surface area contributed by atoms with E-state index in [1.165, 1.54) is 12.1 Å². The lowest BCUT2D eigenvalue weighted by molar-refractivity contribution is -0.402. The molecule has 3 rings (SSSR count). The molecule has 0 radical (unpaired) electrons. The Labute approximate surface area is 149 Å². The van der Waals surface area contributed by atoms with Crippen LogP contribution in [0.4, 0.5) is 5.88 Å². The van der Waals surface area contributed by atoms with Gasteiger partial charge in [0.05, 0.1) is 17.0 Å². The number of halogens is 1. The van der Waals surface area contributed by atoms with Crippen molar-refractivity contribution in [3.8, 4) is 0 Å². The molecule has 2 heterocycles. The molecule has 0 aliphatic rings. The highest BCUT2D eigenvalue weighted by Gasteiger charge is 2.11. The molecule has 0 atom stereocenters. The second kappa shape index (κ2) is 6.56. The second-order valence-corrected chi connectivity index (χ2v) is 6.19. The SMILES string of the molecule is CCn1c(/C=C/c2ccc([N+](=O)[O-])o2)nc2ccc(I)cc2c1=O. The summed E-state index contributed by atoms with van der Waals surface area (Å²) in [4.78, 5) is 27.1. The van der Waals surface area contributed by atoms with Gasteiger partial charge in [0.1, 0.15) is 16.5 Å². The topological polar surface area (TPSA) is 91.2 Å². The minimum atomic E-state index is -0.602. The summed E-state index contributed by atoms with van der Waals surface area (Å²) in [6, 6.07) is 8.26. The number of furan rings is 1. The summed E-state index contributed by atoms with van der Waals surface area (Å²) < 4.78 is 7.59. The van der Waals surface area contributed by atoms with E-state index in [4.69, 9.17) is 4.42 Å². The van der Waals surface area contributed by atoms with Gasteiger partial charge < -0.3 is 4.42 Å². The van der Waals surface area contributed by atoms with Crippen LogP contribution in [0.3, 0.4) is 0 Å². The molecule has 0 unspecified atom stereocenters. The summed E-state index contributed by atoms with van der Waals surface area (Å²) >= 11 is 2.15. The van der Waals surface area contributed by atoms with E-state index in [0.717, 1.165) is 3.57 Å². The smallest absolute Gasteiger partial charge is 0.401 e. The highest BCUT2D eigenvalue weighted by molar-refractivity contribution is 14.1. The zero-order chi connectivity index (χ0) is 17.3. The van der Waals surface area contributed by atoms with Crippen LogP contribution in [0.2, 0.25) is 0 Å². The third kappa shape index (κ3) is 3.09. The minimum absolute atomic E-state index is 0.119. The Bertz CT molecular complexity index is 1020. The van der Waals surface area contributed by atoms with Gasteiger partial charge in [-0.1, -0.05) is 0 Å². The Morgan fingerprint density at radius 1 is 1.33 bits per heavy atom. The Morgan fingerprint density at radius 3 is 2.79 bits per heavy atom. The Balaban J connectivity index is 2.08. The molecule has 0 spiro atoms. The second-order valence-electron chi connectivity index (χ2n) is 4.95. The fraction of sp³-hybridized carbons (Fsp3) is 0.125. The van der Waals surface area contributed by atoms with Gasteiger partial charge in [-0.3, -0.25) is 19.5 Å². The largest absolute Gasteiger partial charge is 0.433 e. The molecular formula is C16H12IN3O4. The molecule has 0 saturated heterocycles. The average molecular weight is 437 g/mol. The number of hydrogen-bond donors (Lipinski definition) is 0. The summed E-state index contributed by atoms with van der Waals surface area (Å²) in [5, 5.41) is 11.2. The maximum Gasteiger partial charge on any atom is 0.433 e. The average Bonchev–Trinajstić information content (AvgIpc) is 3.03. The third-order valence-corrected chi connectivity index (χ3v) is 4.12. The van der Waals surface area contributed by atoms with Crippen molar-refractivity contribution in [1.29, 1.82) is 0 Å². The van der Waals surface area contributed by atoms with E-state index in [-0.39, 0.29) is 11.4 Å². The van der Waals surface area contributed by atoms with Crippen LogP contribution in [0.15, 0.2) is 39.5 Å². The van der Waals surface area contributed by atoms with Crippen molar-refractivity contribution in [2.75, 3.05) is 0 Å². The third-order valence-electron chi connectivity index (χ3n) is 3.45. The van der Waals surface area contributed by atoms with E-state index in [2.05, 4.69) is 27.6 Å². The van der Waals surface area contributed by atoms with Crippen LogP contribution in [-0.4, -0.2) is 14.5 Å². The van der Waals surface area contributed by atoms with Crippen LogP contribution >= 0.6 is 22.6 Å². The molecule has 2 aromatic heterocycles. The van der Waals surface area contributed by atoms with Gasteiger partial charge in [-0.2, -0.15) is 0 Å². The fourth-order valence-corrected chi connectivity index (χ4v) is 2.82. The van der Waals surface area contributed by atoms with Crippen LogP contribution < -0.4 is 5.56 Å². The van der Waals surface area contributed by atoms with E-state index in [9.17, 15) is 14.9 Å². The molecule has 0 bridgehead atoms. The van der Waals surface area contributed by atoms with Crippen LogP contribution in [-0.2, 0) is 6.54 Å². The lowest BCUT2D eigenvalue weighted by Gasteiger charge is -2.08. The van der Waals surface area contributed by atoms with Crippen LogP contribution in [0.5, 0.6) is 0 Å². The van der Waals surface area contributed by atoms with E-state index in [0.29, 0.717) is 29.0 Å². The van der Waals surface area contributed by atoms with Crippen LogP contribution in [0.25, 0.3) is 23.1 Å². The zero-order valence-corrected chi connectivity index (χ0v) is 14.8. The summed E-state index contributed by atoms with van der Waals surface area (Å²) in [6.07, 6.45) is 3.17. The standard InChI is InChI=1S/C16H12IN3O4/c1-2-19-14(7-4-11-5-8-15(24-11)20(22)23)18-13-6-3-10(17)9-12(13)16(19)21/h3-9H,2H2,1H3/b7-4+. The molecule has 0 fully saturated rings. The van der Waals surface area contributed by atoms with Crippen molar-refractivity contribution in [2.24, 2.45) is 0 Å². The first-order chi connectivity index (χ1) is 11.5. The number of rotatable bonds is 4. The first-order valence-corrected chi connectivity index (χ1v) is 8.20. The lowest BCUT2D eigenvalue weighted by Crippen LogP contribution is -2.23. The number of aromatic nitrogens is 2. The highest BCUT2D eigenvalue weighted by atomic mass is 127. The van der Waals surface area contributed by atoms with Crippen molar-refractivity contribution in [1.82, 2.24) is 9.55 Å². The normalized spacial score (nSPS) is 11.4. The molecule has 0 amide bonds. The molecule has 7 nitrogen and oxygen atoms in total. The number of nitro groups is 1. The first-order valence-electron chi connectivity index (χ1n) is 7.12. The van der Waals surface area contributed by atoms with E-state index >= 15 is 0 Å². The molecule has 24 heavy (non-hydrogen) atoms. The van der Waals surface area contributed by atoms with Crippen LogP contribution in [0.1, 0.15) is 18.5 Å². The van der Waals surface area contributed by atoms with Gasteiger partial charge in [-0.05, 0) is 65.9 Å². The molecule has 0 aliphatic carbocycles. The highest BCUT2D eigenvalue weighted by Crippen LogP contribution is 2.18. The van der Waals surface area contributed by atoms with Gasteiger partial charge >= 0.3 is 5.88 Å². The molecule has 3 aromatic rings. The monoisotopic (exact) mass is 437 g/mol. The van der Waals surface area contributed by atoms with Crippen molar-refractivity contribution < 1.29 is 9.34 Å². The summed E-state index contributed by atoms with van der Waals surface area (Å²) in [6.45, 7) is 2.32. The number of fused-ring (bicyclic) bond motifs is 1. The molecule has 0 saturated carbocycles. The Morgan fingerprint density at radius 2 is 2.12 bits per heavy atom. The van der Waals surface area contributed by atoms with Crippen molar-refractivity contribution in [3.63, 3.8) is 0 Å². The fourth-order valence-electron chi connectivity index (χ4n) is 2.33. The zero-order valence-electron chi connectivity index (χ0n) is 12.6. The van der Waals surface area contributed by atoms with Crippen molar-refractivity contribution >= 4 is 51.5 Å². The number of nitrogens with zero attached hydrogens (tertiary/aromatic N) is 3. The van der Waals surface area contributed by atoms with Crippen molar-refractivity contribution in [2.45, 2.75) is 13.5 Å². The van der Waals surface area contributed by atoms with Gasteiger partial charge in [0.25, 0.3) is 5.56 Å². The molecular weight excluding hydrogens is 425 g/mol. The van der Waals surface area contributed by atoms with Gasteiger partial charge in [0, 0.05) is 10.1 Å². The van der Waals surface area contributed by atoms with Gasteiger partial charge in [0.2, 0.25) is 0 Å². The molecule has 122 valence electrons. The molecule has 8 heteroatoms. The first kappa shape index (κ1) is 16.4. The molecule has 1 aromatic carbocycles. The predicted octanol–water partition coefficient (Wildman–Crippen LogP) is 3.69. The summed E-state index contributed by atoms with van der Waals surface area (Å²) in [5.41, 5.74) is 0.487. The number of hydrogen-bond acceptors (Lipinski definition) is 5. The van der Waals surface area contributed by atoms with E-state index in [1.807, 2.05) is 13.0 Å². The predicted molar refractivity (Wildman–Crippen MR) is 98.7 cm³/mol. The summed E-state index contributed by atoms with van der Waals surface area (Å²) in [5.74, 6) is 0.458. The maximum absolute atomic E-state index is 12.6. The van der Waals surface area contributed by atoms with Crippen LogP contribution in [0, 0.1) is 13.7 Å². The van der Waals surface area contributed by atoms with Crippen molar-refractivity contribution in [3.05, 3.63) is 66.0 Å². The van der Waals surface area contributed by atoms with Gasteiger partial charge in [0.15, 0.2) is 0 Å². The Hall–Kier alpha value is -2.49. The Kier molecular flexibility index (Phi) is 4.47. The quantitative estimate of drug-likeness (QED) is 0.353. The summed E-state index contributed by atoms with van der Waals surface area (Å²) in [7, 11) is 0. The minimum Gasteiger partial charge on any atom is -0.401 e. The van der Waals surface area contributed by atoms with E-state index in [1.54, 1.807) is 28.9 Å². The molecule has 0 N–H and O–H groups in total. The maximum atomic E-state index is 12.6. The van der Waals surface area contributed by atoms with Gasteiger partial charge in [-0.15, -0.1) is 0 Å². The number of benzene rings is 1.